The van der Waals surface area contributed by atoms with E-state index in [2.05, 4.69) is 0 Å². The van der Waals surface area contributed by atoms with Crippen molar-refractivity contribution in [2.75, 3.05) is 13.2 Å². The highest BCUT2D eigenvalue weighted by Crippen LogP contribution is 2.40. The van der Waals surface area contributed by atoms with Gasteiger partial charge in [0.1, 0.15) is 11.5 Å². The number of phenols is 1. The SMILES string of the molecule is Cc1ccc(C(=O)C2=C(O)C(=O)N(CC3CCCO3)C2c2ccc(O)cc2)o1. The topological polar surface area (TPSA) is 100 Å². The molecule has 2 N–H and O–H groups in total. The maximum Gasteiger partial charge on any atom is 0.290 e. The summed E-state index contributed by atoms with van der Waals surface area (Å²) in [5, 5.41) is 20.2. The number of carbonyl (C=O) groups is 2. The van der Waals surface area contributed by atoms with E-state index >= 15 is 0 Å². The van der Waals surface area contributed by atoms with Crippen molar-refractivity contribution in [3.63, 3.8) is 0 Å². The average molecular weight is 383 g/mol. The lowest BCUT2D eigenvalue weighted by Crippen LogP contribution is -2.37. The summed E-state index contributed by atoms with van der Waals surface area (Å²) in [6.45, 7) is 2.61. The van der Waals surface area contributed by atoms with Crippen LogP contribution in [0.25, 0.3) is 0 Å². The molecule has 2 aliphatic heterocycles. The summed E-state index contributed by atoms with van der Waals surface area (Å²) in [7, 11) is 0. The zero-order valence-electron chi connectivity index (χ0n) is 15.4. The maximum absolute atomic E-state index is 13.1. The number of carbonyl (C=O) groups excluding carboxylic acids is 2. The van der Waals surface area contributed by atoms with Crippen LogP contribution in [0.1, 0.15) is 40.8 Å². The van der Waals surface area contributed by atoms with Gasteiger partial charge >= 0.3 is 0 Å². The van der Waals surface area contributed by atoms with Crippen molar-refractivity contribution in [2.45, 2.75) is 31.9 Å². The fraction of sp³-hybridized carbons (Fsp3) is 0.333. The first-order valence-corrected chi connectivity index (χ1v) is 9.21. The van der Waals surface area contributed by atoms with Crippen LogP contribution in [0.15, 0.2) is 52.1 Å². The van der Waals surface area contributed by atoms with Gasteiger partial charge in [0.25, 0.3) is 5.91 Å². The molecule has 146 valence electrons. The van der Waals surface area contributed by atoms with Gasteiger partial charge in [-0.3, -0.25) is 9.59 Å². The Morgan fingerprint density at radius 1 is 1.18 bits per heavy atom. The number of aliphatic hydroxyl groups is 1. The molecule has 0 radical (unpaired) electrons. The van der Waals surface area contributed by atoms with Crippen LogP contribution >= 0.6 is 0 Å². The number of ketones is 1. The van der Waals surface area contributed by atoms with E-state index in [1.165, 1.54) is 23.1 Å². The van der Waals surface area contributed by atoms with E-state index in [0.29, 0.717) is 17.9 Å². The minimum absolute atomic E-state index is 0.0250. The number of amides is 1. The van der Waals surface area contributed by atoms with Crippen molar-refractivity contribution in [3.8, 4) is 5.75 Å². The second-order valence-corrected chi connectivity index (χ2v) is 7.09. The molecule has 28 heavy (non-hydrogen) atoms. The van der Waals surface area contributed by atoms with Gasteiger partial charge < -0.3 is 24.3 Å². The Bertz CT molecular complexity index is 936. The van der Waals surface area contributed by atoms with Crippen molar-refractivity contribution in [1.82, 2.24) is 4.90 Å². The molecule has 1 aromatic carbocycles. The minimum Gasteiger partial charge on any atom is -0.508 e. The lowest BCUT2D eigenvalue weighted by atomic mass is 9.95. The Balaban J connectivity index is 1.75. The Kier molecular flexibility index (Phi) is 4.68. The van der Waals surface area contributed by atoms with Crippen LogP contribution in [0.5, 0.6) is 5.75 Å². The van der Waals surface area contributed by atoms with Gasteiger partial charge in [0.05, 0.1) is 17.7 Å². The largest absolute Gasteiger partial charge is 0.508 e. The van der Waals surface area contributed by atoms with Gasteiger partial charge in [-0.25, -0.2) is 0 Å². The predicted octanol–water partition coefficient (Wildman–Crippen LogP) is 3.05. The van der Waals surface area contributed by atoms with Crippen LogP contribution < -0.4 is 0 Å². The molecule has 1 aromatic heterocycles. The average Bonchev–Trinajstić information content (AvgIpc) is 3.40. The van der Waals surface area contributed by atoms with E-state index in [9.17, 15) is 19.8 Å². The van der Waals surface area contributed by atoms with Crippen LogP contribution in [-0.4, -0.2) is 46.1 Å². The third-order valence-corrected chi connectivity index (χ3v) is 5.15. The molecular weight excluding hydrogens is 362 g/mol. The van der Waals surface area contributed by atoms with E-state index in [1.807, 2.05) is 0 Å². The number of aliphatic hydroxyl groups excluding tert-OH is 1. The first-order valence-electron chi connectivity index (χ1n) is 9.21. The highest BCUT2D eigenvalue weighted by Gasteiger charge is 2.45. The molecule has 7 nitrogen and oxygen atoms in total. The maximum atomic E-state index is 13.1. The molecule has 4 rings (SSSR count). The lowest BCUT2D eigenvalue weighted by molar-refractivity contribution is -0.131. The van der Waals surface area contributed by atoms with Crippen LogP contribution in [0.4, 0.5) is 0 Å². The Hall–Kier alpha value is -3.06. The van der Waals surface area contributed by atoms with Gasteiger partial charge in [-0.15, -0.1) is 0 Å². The zero-order chi connectivity index (χ0) is 19.8. The molecule has 2 atom stereocenters. The van der Waals surface area contributed by atoms with E-state index in [4.69, 9.17) is 9.15 Å². The molecule has 2 aliphatic rings. The molecule has 1 amide bonds. The fourth-order valence-corrected chi connectivity index (χ4v) is 3.77. The van der Waals surface area contributed by atoms with Crippen molar-refractivity contribution in [1.29, 1.82) is 0 Å². The summed E-state index contributed by atoms with van der Waals surface area (Å²) in [4.78, 5) is 27.4. The number of benzene rings is 1. The fourth-order valence-electron chi connectivity index (χ4n) is 3.77. The number of ether oxygens (including phenoxy) is 1. The smallest absolute Gasteiger partial charge is 0.290 e. The summed E-state index contributed by atoms with van der Waals surface area (Å²) in [5.74, 6) is -1.02. The number of aryl methyl sites for hydroxylation is 1. The normalized spacial score (nSPS) is 22.3. The van der Waals surface area contributed by atoms with Crippen molar-refractivity contribution < 1.29 is 29.0 Å². The number of rotatable bonds is 5. The molecule has 0 spiro atoms. The Morgan fingerprint density at radius 2 is 1.93 bits per heavy atom. The van der Waals surface area contributed by atoms with Gasteiger partial charge in [-0.1, -0.05) is 12.1 Å². The van der Waals surface area contributed by atoms with E-state index in [1.54, 1.807) is 25.1 Å². The third-order valence-electron chi connectivity index (χ3n) is 5.15. The number of phenolic OH excluding ortho intramolecular Hbond substituents is 1. The van der Waals surface area contributed by atoms with Crippen molar-refractivity contribution in [2.24, 2.45) is 0 Å². The number of Topliss-reactive ketones (excluding diaryl/α,β-unsaturated/α-hetero) is 1. The van der Waals surface area contributed by atoms with Crippen LogP contribution in [0.3, 0.4) is 0 Å². The summed E-state index contributed by atoms with van der Waals surface area (Å²) in [6, 6.07) is 8.64. The molecule has 2 aromatic rings. The third kappa shape index (κ3) is 3.18. The van der Waals surface area contributed by atoms with Crippen LogP contribution in [0.2, 0.25) is 0 Å². The molecule has 0 saturated carbocycles. The molecular formula is C21H21NO6. The molecule has 0 aliphatic carbocycles. The highest BCUT2D eigenvalue weighted by atomic mass is 16.5. The number of furan rings is 1. The van der Waals surface area contributed by atoms with Gasteiger partial charge in [-0.2, -0.15) is 0 Å². The van der Waals surface area contributed by atoms with E-state index in [0.717, 1.165) is 12.8 Å². The summed E-state index contributed by atoms with van der Waals surface area (Å²) in [5.41, 5.74) is 0.586. The van der Waals surface area contributed by atoms with Crippen LogP contribution in [0, 0.1) is 6.92 Å². The quantitative estimate of drug-likeness (QED) is 0.770. The van der Waals surface area contributed by atoms with Gasteiger partial charge in [-0.05, 0) is 49.6 Å². The number of hydrogen-bond donors (Lipinski definition) is 2. The molecule has 2 unspecified atom stereocenters. The first kappa shape index (κ1) is 18.3. The Morgan fingerprint density at radius 3 is 2.54 bits per heavy atom. The molecule has 1 saturated heterocycles. The Labute approximate surface area is 161 Å². The monoisotopic (exact) mass is 383 g/mol. The van der Waals surface area contributed by atoms with E-state index < -0.39 is 23.5 Å². The van der Waals surface area contributed by atoms with Crippen molar-refractivity contribution in [3.05, 3.63) is 64.8 Å². The lowest BCUT2D eigenvalue weighted by Gasteiger charge is -2.28. The summed E-state index contributed by atoms with van der Waals surface area (Å²) < 4.78 is 11.1. The molecule has 7 heteroatoms. The second kappa shape index (κ2) is 7.16. The van der Waals surface area contributed by atoms with Crippen molar-refractivity contribution >= 4 is 11.7 Å². The van der Waals surface area contributed by atoms with Gasteiger partial charge in [0, 0.05) is 13.2 Å². The first-order chi connectivity index (χ1) is 13.5. The summed E-state index contributed by atoms with van der Waals surface area (Å²) in [6.07, 6.45) is 1.58. The zero-order valence-corrected chi connectivity index (χ0v) is 15.4. The number of hydrogen-bond acceptors (Lipinski definition) is 6. The minimum atomic E-state index is -0.782. The van der Waals surface area contributed by atoms with Gasteiger partial charge in [0.2, 0.25) is 5.78 Å². The molecule has 1 fully saturated rings. The highest BCUT2D eigenvalue weighted by molar-refractivity contribution is 6.15. The molecule has 3 heterocycles. The van der Waals surface area contributed by atoms with E-state index in [-0.39, 0.29) is 29.7 Å². The predicted molar refractivity (Wildman–Crippen MR) is 99.0 cm³/mol. The number of aromatic hydroxyl groups is 1. The molecule has 0 bridgehead atoms. The van der Waals surface area contributed by atoms with Crippen LogP contribution in [-0.2, 0) is 9.53 Å². The standard InChI is InChI=1S/C21H21NO6/c1-12-4-9-16(28-12)19(24)17-18(13-5-7-14(23)8-6-13)22(21(26)20(17)25)11-15-3-2-10-27-15/h4-9,15,18,23,25H,2-3,10-11H2,1H3. The van der Waals surface area contributed by atoms with Gasteiger partial charge in [0.15, 0.2) is 11.5 Å². The number of nitrogens with zero attached hydrogens (tertiary/aromatic N) is 1. The summed E-state index contributed by atoms with van der Waals surface area (Å²) >= 11 is 0. The second-order valence-electron chi connectivity index (χ2n) is 7.09.